The molecule has 2 amide bonds. The van der Waals surface area contributed by atoms with Crippen LogP contribution in [0.2, 0.25) is 0 Å². The van der Waals surface area contributed by atoms with Gasteiger partial charge in [-0.2, -0.15) is 0 Å². The standard InChI is InChI=1S/C24H28N2O4S/c1-3-4-14-30-24(29)18-10-12-19(13-11-18)25-22(27)16(2)31-21-7-5-6-20(15-21)26-23(28)17-8-9-17/h5-7,10-13,15-17H,3-4,8-9,14H2,1-2H3,(H,25,27)(H,26,28). The van der Waals surface area contributed by atoms with Gasteiger partial charge >= 0.3 is 5.97 Å². The van der Waals surface area contributed by atoms with Crippen LogP contribution >= 0.6 is 11.8 Å². The minimum absolute atomic E-state index is 0.0608. The average molecular weight is 441 g/mol. The van der Waals surface area contributed by atoms with Gasteiger partial charge in [0, 0.05) is 22.2 Å². The fourth-order valence-corrected chi connectivity index (χ4v) is 3.75. The second-order valence-electron chi connectivity index (χ2n) is 7.61. The maximum atomic E-state index is 12.6. The van der Waals surface area contributed by atoms with E-state index in [1.165, 1.54) is 11.8 Å². The highest BCUT2D eigenvalue weighted by molar-refractivity contribution is 8.00. The molecule has 0 heterocycles. The van der Waals surface area contributed by atoms with Crippen LogP contribution in [0.5, 0.6) is 0 Å². The van der Waals surface area contributed by atoms with Crippen molar-refractivity contribution in [3.63, 3.8) is 0 Å². The predicted molar refractivity (Wildman–Crippen MR) is 123 cm³/mol. The number of esters is 1. The Labute approximate surface area is 187 Å². The van der Waals surface area contributed by atoms with Crippen LogP contribution in [0, 0.1) is 5.92 Å². The van der Waals surface area contributed by atoms with Crippen molar-refractivity contribution in [3.05, 3.63) is 54.1 Å². The second kappa shape index (κ2) is 11.0. The van der Waals surface area contributed by atoms with Gasteiger partial charge in [0.15, 0.2) is 0 Å². The first kappa shape index (κ1) is 22.9. The Morgan fingerprint density at radius 2 is 1.81 bits per heavy atom. The van der Waals surface area contributed by atoms with E-state index in [0.29, 0.717) is 17.9 Å². The molecule has 2 aromatic carbocycles. The number of benzene rings is 2. The maximum Gasteiger partial charge on any atom is 0.338 e. The van der Waals surface area contributed by atoms with Gasteiger partial charge in [0.25, 0.3) is 0 Å². The third-order valence-corrected chi connectivity index (χ3v) is 5.94. The van der Waals surface area contributed by atoms with Gasteiger partial charge in [0.2, 0.25) is 11.8 Å². The average Bonchev–Trinajstić information content (AvgIpc) is 3.60. The first-order chi connectivity index (χ1) is 15.0. The molecule has 0 saturated heterocycles. The first-order valence-corrected chi connectivity index (χ1v) is 11.5. The van der Waals surface area contributed by atoms with Gasteiger partial charge < -0.3 is 15.4 Å². The fourth-order valence-electron chi connectivity index (χ4n) is 2.82. The van der Waals surface area contributed by atoms with E-state index in [2.05, 4.69) is 10.6 Å². The van der Waals surface area contributed by atoms with Gasteiger partial charge in [-0.3, -0.25) is 9.59 Å². The Morgan fingerprint density at radius 3 is 2.48 bits per heavy atom. The summed E-state index contributed by atoms with van der Waals surface area (Å²) >= 11 is 1.42. The Morgan fingerprint density at radius 1 is 1.06 bits per heavy atom. The van der Waals surface area contributed by atoms with E-state index in [1.807, 2.05) is 38.1 Å². The summed E-state index contributed by atoms with van der Waals surface area (Å²) < 4.78 is 5.19. The molecule has 1 saturated carbocycles. The van der Waals surface area contributed by atoms with E-state index in [9.17, 15) is 14.4 Å². The van der Waals surface area contributed by atoms with Gasteiger partial charge in [-0.1, -0.05) is 19.4 Å². The molecule has 0 bridgehead atoms. The van der Waals surface area contributed by atoms with Crippen molar-refractivity contribution in [2.45, 2.75) is 49.7 Å². The van der Waals surface area contributed by atoms with Crippen LogP contribution in [0.25, 0.3) is 0 Å². The number of carbonyl (C=O) groups excluding carboxylic acids is 3. The lowest BCUT2D eigenvalue weighted by Crippen LogP contribution is -2.22. The first-order valence-electron chi connectivity index (χ1n) is 10.6. The van der Waals surface area contributed by atoms with E-state index in [4.69, 9.17) is 4.74 Å². The number of hydrogen-bond donors (Lipinski definition) is 2. The Kier molecular flexibility index (Phi) is 8.12. The quantitative estimate of drug-likeness (QED) is 0.305. The number of nitrogens with one attached hydrogen (secondary N) is 2. The van der Waals surface area contributed by atoms with Gasteiger partial charge in [0.05, 0.1) is 17.4 Å². The summed E-state index contributed by atoms with van der Waals surface area (Å²) in [5.41, 5.74) is 1.82. The summed E-state index contributed by atoms with van der Waals surface area (Å²) in [5.74, 6) is -0.296. The molecule has 0 aromatic heterocycles. The third-order valence-electron chi connectivity index (χ3n) is 4.85. The zero-order valence-electron chi connectivity index (χ0n) is 17.9. The number of anilines is 2. The number of amides is 2. The SMILES string of the molecule is CCCCOC(=O)c1ccc(NC(=O)C(C)Sc2cccc(NC(=O)C3CC3)c2)cc1. The Balaban J connectivity index is 1.51. The largest absolute Gasteiger partial charge is 0.462 e. The van der Waals surface area contributed by atoms with E-state index in [-0.39, 0.29) is 29.0 Å². The molecule has 0 radical (unpaired) electrons. The zero-order valence-corrected chi connectivity index (χ0v) is 18.7. The minimum atomic E-state index is -0.357. The molecule has 1 fully saturated rings. The van der Waals surface area contributed by atoms with Crippen LogP contribution in [0.3, 0.4) is 0 Å². The van der Waals surface area contributed by atoms with Crippen molar-refractivity contribution in [2.75, 3.05) is 17.2 Å². The number of thioether (sulfide) groups is 1. The van der Waals surface area contributed by atoms with Gasteiger partial charge in [-0.05, 0) is 68.7 Å². The van der Waals surface area contributed by atoms with Crippen molar-refractivity contribution >= 4 is 40.9 Å². The molecule has 0 spiro atoms. The predicted octanol–water partition coefficient (Wildman–Crippen LogP) is 5.11. The lowest BCUT2D eigenvalue weighted by molar-refractivity contribution is -0.117. The van der Waals surface area contributed by atoms with Crippen LogP contribution in [0.4, 0.5) is 11.4 Å². The summed E-state index contributed by atoms with van der Waals surface area (Å²) in [6.07, 6.45) is 3.72. The molecule has 2 N–H and O–H groups in total. The van der Waals surface area contributed by atoms with Gasteiger partial charge in [-0.15, -0.1) is 11.8 Å². The summed E-state index contributed by atoms with van der Waals surface area (Å²) in [5, 5.41) is 5.46. The Hall–Kier alpha value is -2.80. The molecule has 6 nitrogen and oxygen atoms in total. The number of ether oxygens (including phenoxy) is 1. The van der Waals surface area contributed by atoms with E-state index in [0.717, 1.165) is 36.3 Å². The molecule has 2 aromatic rings. The van der Waals surface area contributed by atoms with Crippen LogP contribution in [-0.4, -0.2) is 29.6 Å². The summed E-state index contributed by atoms with van der Waals surface area (Å²) in [6, 6.07) is 14.2. The highest BCUT2D eigenvalue weighted by Gasteiger charge is 2.29. The second-order valence-corrected chi connectivity index (χ2v) is 9.02. The molecule has 7 heteroatoms. The molecular formula is C24H28N2O4S. The summed E-state index contributed by atoms with van der Waals surface area (Å²) in [4.78, 5) is 37.4. The summed E-state index contributed by atoms with van der Waals surface area (Å²) in [6.45, 7) is 4.28. The van der Waals surface area contributed by atoms with Crippen molar-refractivity contribution in [3.8, 4) is 0 Å². The lowest BCUT2D eigenvalue weighted by atomic mass is 10.2. The molecule has 1 aliphatic carbocycles. The topological polar surface area (TPSA) is 84.5 Å². The van der Waals surface area contributed by atoms with Crippen molar-refractivity contribution in [2.24, 2.45) is 5.92 Å². The monoisotopic (exact) mass is 440 g/mol. The number of rotatable bonds is 10. The van der Waals surface area contributed by atoms with Crippen LogP contribution in [-0.2, 0) is 14.3 Å². The fraction of sp³-hybridized carbons (Fsp3) is 0.375. The van der Waals surface area contributed by atoms with E-state index in [1.54, 1.807) is 24.3 Å². The van der Waals surface area contributed by atoms with E-state index >= 15 is 0 Å². The lowest BCUT2D eigenvalue weighted by Gasteiger charge is -2.13. The molecule has 164 valence electrons. The number of unbranched alkanes of at least 4 members (excludes halogenated alkanes) is 1. The molecule has 1 aliphatic rings. The molecule has 31 heavy (non-hydrogen) atoms. The normalized spacial score (nSPS) is 13.9. The number of hydrogen-bond acceptors (Lipinski definition) is 5. The van der Waals surface area contributed by atoms with Crippen LogP contribution < -0.4 is 10.6 Å². The Bertz CT molecular complexity index is 925. The molecule has 0 aliphatic heterocycles. The van der Waals surface area contributed by atoms with Crippen LogP contribution in [0.15, 0.2) is 53.4 Å². The van der Waals surface area contributed by atoms with Crippen LogP contribution in [0.1, 0.15) is 49.9 Å². The molecule has 3 rings (SSSR count). The third kappa shape index (κ3) is 7.14. The maximum absolute atomic E-state index is 12.6. The van der Waals surface area contributed by atoms with E-state index < -0.39 is 0 Å². The summed E-state index contributed by atoms with van der Waals surface area (Å²) in [7, 11) is 0. The molecule has 1 unspecified atom stereocenters. The molecular weight excluding hydrogens is 412 g/mol. The van der Waals surface area contributed by atoms with Crippen molar-refractivity contribution in [1.29, 1.82) is 0 Å². The zero-order chi connectivity index (χ0) is 22.2. The smallest absolute Gasteiger partial charge is 0.338 e. The van der Waals surface area contributed by atoms with Crippen molar-refractivity contribution < 1.29 is 19.1 Å². The minimum Gasteiger partial charge on any atom is -0.462 e. The highest BCUT2D eigenvalue weighted by Crippen LogP contribution is 2.31. The highest BCUT2D eigenvalue weighted by atomic mass is 32.2. The number of carbonyl (C=O) groups is 3. The van der Waals surface area contributed by atoms with Crippen molar-refractivity contribution in [1.82, 2.24) is 0 Å². The molecule has 1 atom stereocenters. The van der Waals surface area contributed by atoms with Gasteiger partial charge in [-0.25, -0.2) is 4.79 Å². The van der Waals surface area contributed by atoms with Gasteiger partial charge in [0.1, 0.15) is 0 Å².